The minimum absolute atomic E-state index is 0.544. The SMILES string of the molecule is CC(C)C(C)c1nc(-c2ccccc2)cs1. The van der Waals surface area contributed by atoms with Crippen molar-refractivity contribution in [2.45, 2.75) is 26.7 Å². The van der Waals surface area contributed by atoms with Crippen LogP contribution in [0.2, 0.25) is 0 Å². The molecule has 0 N–H and O–H groups in total. The normalized spacial score (nSPS) is 13.0. The summed E-state index contributed by atoms with van der Waals surface area (Å²) in [5, 5.41) is 3.40. The first-order valence-corrected chi connectivity index (χ1v) is 6.57. The van der Waals surface area contributed by atoms with Crippen molar-refractivity contribution < 1.29 is 0 Å². The third kappa shape index (κ3) is 2.33. The first-order chi connectivity index (χ1) is 7.68. The Bertz CT molecular complexity index is 445. The van der Waals surface area contributed by atoms with Crippen molar-refractivity contribution >= 4 is 11.3 Å². The Morgan fingerprint density at radius 1 is 1.06 bits per heavy atom. The summed E-state index contributed by atoms with van der Waals surface area (Å²) >= 11 is 1.77. The molecule has 1 atom stereocenters. The van der Waals surface area contributed by atoms with Gasteiger partial charge in [-0.25, -0.2) is 4.98 Å². The van der Waals surface area contributed by atoms with Gasteiger partial charge in [-0.1, -0.05) is 51.1 Å². The Morgan fingerprint density at radius 2 is 1.75 bits per heavy atom. The number of aromatic nitrogens is 1. The Morgan fingerprint density at radius 3 is 2.38 bits per heavy atom. The smallest absolute Gasteiger partial charge is 0.0963 e. The predicted octanol–water partition coefficient (Wildman–Crippen LogP) is 4.57. The zero-order valence-electron chi connectivity index (χ0n) is 9.97. The Hall–Kier alpha value is -1.15. The van der Waals surface area contributed by atoms with Crippen LogP contribution in [0.5, 0.6) is 0 Å². The fraction of sp³-hybridized carbons (Fsp3) is 0.357. The molecule has 1 heterocycles. The van der Waals surface area contributed by atoms with Gasteiger partial charge in [0.05, 0.1) is 10.7 Å². The highest BCUT2D eigenvalue weighted by Crippen LogP contribution is 2.29. The molecule has 0 saturated heterocycles. The first-order valence-electron chi connectivity index (χ1n) is 5.69. The second kappa shape index (κ2) is 4.79. The van der Waals surface area contributed by atoms with Gasteiger partial charge in [0, 0.05) is 16.9 Å². The lowest BCUT2D eigenvalue weighted by molar-refractivity contribution is 0.533. The van der Waals surface area contributed by atoms with E-state index < -0.39 is 0 Å². The zero-order chi connectivity index (χ0) is 11.5. The Kier molecular flexibility index (Phi) is 3.39. The molecule has 0 spiro atoms. The van der Waals surface area contributed by atoms with Crippen LogP contribution in [0.15, 0.2) is 35.7 Å². The van der Waals surface area contributed by atoms with E-state index in [1.165, 1.54) is 10.6 Å². The summed E-state index contributed by atoms with van der Waals surface area (Å²) in [6.07, 6.45) is 0. The highest BCUT2D eigenvalue weighted by atomic mass is 32.1. The lowest BCUT2D eigenvalue weighted by Crippen LogP contribution is -2.01. The fourth-order valence-corrected chi connectivity index (χ4v) is 2.58. The standard InChI is InChI=1S/C14H17NS/c1-10(2)11(3)14-15-13(9-16-14)12-7-5-4-6-8-12/h4-11H,1-3H3. The largest absolute Gasteiger partial charge is 0.241 e. The van der Waals surface area contributed by atoms with E-state index in [2.05, 4.69) is 50.4 Å². The van der Waals surface area contributed by atoms with Crippen molar-refractivity contribution in [2.24, 2.45) is 5.92 Å². The van der Waals surface area contributed by atoms with Crippen molar-refractivity contribution in [2.75, 3.05) is 0 Å². The molecule has 84 valence electrons. The molecule has 0 aliphatic heterocycles. The average Bonchev–Trinajstić information content (AvgIpc) is 2.78. The van der Waals surface area contributed by atoms with Gasteiger partial charge in [0.15, 0.2) is 0 Å². The van der Waals surface area contributed by atoms with Gasteiger partial charge in [-0.2, -0.15) is 0 Å². The molecule has 0 saturated carbocycles. The van der Waals surface area contributed by atoms with Crippen LogP contribution in [0, 0.1) is 5.92 Å². The highest BCUT2D eigenvalue weighted by molar-refractivity contribution is 7.10. The lowest BCUT2D eigenvalue weighted by atomic mass is 9.99. The van der Waals surface area contributed by atoms with E-state index in [9.17, 15) is 0 Å². The van der Waals surface area contributed by atoms with Crippen LogP contribution in [0.4, 0.5) is 0 Å². The molecular weight excluding hydrogens is 214 g/mol. The van der Waals surface area contributed by atoms with Gasteiger partial charge in [0.1, 0.15) is 0 Å². The molecule has 0 aliphatic carbocycles. The molecule has 1 nitrogen and oxygen atoms in total. The van der Waals surface area contributed by atoms with Gasteiger partial charge < -0.3 is 0 Å². The monoisotopic (exact) mass is 231 g/mol. The minimum atomic E-state index is 0.544. The van der Waals surface area contributed by atoms with Gasteiger partial charge in [0.25, 0.3) is 0 Å². The number of rotatable bonds is 3. The predicted molar refractivity (Wildman–Crippen MR) is 70.8 cm³/mol. The molecule has 2 rings (SSSR count). The molecular formula is C14H17NS. The van der Waals surface area contributed by atoms with Gasteiger partial charge in [-0.3, -0.25) is 0 Å². The minimum Gasteiger partial charge on any atom is -0.241 e. The van der Waals surface area contributed by atoms with Crippen LogP contribution in [0.3, 0.4) is 0 Å². The van der Waals surface area contributed by atoms with Gasteiger partial charge in [0.2, 0.25) is 0 Å². The molecule has 0 radical (unpaired) electrons. The molecule has 1 unspecified atom stereocenters. The van der Waals surface area contributed by atoms with E-state index in [0.717, 1.165) is 5.69 Å². The van der Waals surface area contributed by atoms with Crippen LogP contribution >= 0.6 is 11.3 Å². The molecule has 0 bridgehead atoms. The second-order valence-electron chi connectivity index (χ2n) is 4.47. The Balaban J connectivity index is 2.27. The van der Waals surface area contributed by atoms with Crippen molar-refractivity contribution in [1.29, 1.82) is 0 Å². The van der Waals surface area contributed by atoms with E-state index >= 15 is 0 Å². The van der Waals surface area contributed by atoms with E-state index in [-0.39, 0.29) is 0 Å². The fourth-order valence-electron chi connectivity index (χ4n) is 1.52. The molecule has 2 aromatic rings. The van der Waals surface area contributed by atoms with Crippen molar-refractivity contribution in [1.82, 2.24) is 4.98 Å². The van der Waals surface area contributed by atoms with Crippen LogP contribution in [-0.4, -0.2) is 4.98 Å². The number of nitrogens with zero attached hydrogens (tertiary/aromatic N) is 1. The first kappa shape index (κ1) is 11.3. The molecule has 0 amide bonds. The summed E-state index contributed by atoms with van der Waals surface area (Å²) in [5.41, 5.74) is 2.31. The highest BCUT2D eigenvalue weighted by Gasteiger charge is 2.14. The molecule has 0 aliphatic rings. The summed E-state index contributed by atoms with van der Waals surface area (Å²) in [7, 11) is 0. The van der Waals surface area contributed by atoms with Crippen LogP contribution < -0.4 is 0 Å². The number of hydrogen-bond acceptors (Lipinski definition) is 2. The lowest BCUT2D eigenvalue weighted by Gasteiger charge is -2.11. The topological polar surface area (TPSA) is 12.9 Å². The average molecular weight is 231 g/mol. The van der Waals surface area contributed by atoms with Crippen LogP contribution in [0.1, 0.15) is 31.7 Å². The molecule has 1 aromatic heterocycles. The van der Waals surface area contributed by atoms with Crippen LogP contribution in [-0.2, 0) is 0 Å². The zero-order valence-corrected chi connectivity index (χ0v) is 10.8. The maximum atomic E-state index is 4.72. The molecule has 1 aromatic carbocycles. The maximum absolute atomic E-state index is 4.72. The molecule has 16 heavy (non-hydrogen) atoms. The van der Waals surface area contributed by atoms with Crippen molar-refractivity contribution in [3.8, 4) is 11.3 Å². The second-order valence-corrected chi connectivity index (χ2v) is 5.36. The van der Waals surface area contributed by atoms with E-state index in [0.29, 0.717) is 11.8 Å². The van der Waals surface area contributed by atoms with E-state index in [1.807, 2.05) is 6.07 Å². The maximum Gasteiger partial charge on any atom is 0.0963 e. The summed E-state index contributed by atoms with van der Waals surface area (Å²) in [4.78, 5) is 4.72. The molecule has 0 fully saturated rings. The number of thiazole rings is 1. The van der Waals surface area contributed by atoms with Gasteiger partial charge in [-0.05, 0) is 5.92 Å². The Labute approximate surface area is 101 Å². The van der Waals surface area contributed by atoms with Gasteiger partial charge in [-0.15, -0.1) is 11.3 Å². The summed E-state index contributed by atoms with van der Waals surface area (Å²) < 4.78 is 0. The number of benzene rings is 1. The summed E-state index contributed by atoms with van der Waals surface area (Å²) in [6, 6.07) is 10.4. The van der Waals surface area contributed by atoms with Crippen molar-refractivity contribution in [3.63, 3.8) is 0 Å². The van der Waals surface area contributed by atoms with Crippen LogP contribution in [0.25, 0.3) is 11.3 Å². The van der Waals surface area contributed by atoms with Gasteiger partial charge >= 0.3 is 0 Å². The summed E-state index contributed by atoms with van der Waals surface area (Å²) in [6.45, 7) is 6.74. The van der Waals surface area contributed by atoms with E-state index in [1.54, 1.807) is 11.3 Å². The number of hydrogen-bond donors (Lipinski definition) is 0. The third-order valence-corrected chi connectivity index (χ3v) is 4.03. The third-order valence-electron chi connectivity index (χ3n) is 2.98. The summed E-state index contributed by atoms with van der Waals surface area (Å²) in [5.74, 6) is 1.19. The quantitative estimate of drug-likeness (QED) is 0.754. The van der Waals surface area contributed by atoms with Crippen molar-refractivity contribution in [3.05, 3.63) is 40.7 Å². The molecule has 2 heteroatoms. The van der Waals surface area contributed by atoms with E-state index in [4.69, 9.17) is 4.98 Å².